The largest absolute Gasteiger partial charge is 0.397 e. The van der Waals surface area contributed by atoms with Crippen molar-refractivity contribution in [1.82, 2.24) is 9.88 Å². The molecular weight excluding hydrogens is 266 g/mol. The van der Waals surface area contributed by atoms with Gasteiger partial charge in [-0.05, 0) is 19.9 Å². The van der Waals surface area contributed by atoms with Gasteiger partial charge in [0.1, 0.15) is 5.69 Å². The van der Waals surface area contributed by atoms with E-state index in [2.05, 4.69) is 5.32 Å². The van der Waals surface area contributed by atoms with Crippen molar-refractivity contribution < 1.29 is 13.2 Å². The van der Waals surface area contributed by atoms with E-state index in [4.69, 9.17) is 5.73 Å². The second-order valence-corrected chi connectivity index (χ2v) is 7.12. The van der Waals surface area contributed by atoms with E-state index in [9.17, 15) is 13.2 Å². The Morgan fingerprint density at radius 3 is 2.63 bits per heavy atom. The van der Waals surface area contributed by atoms with Crippen molar-refractivity contribution in [3.05, 3.63) is 18.0 Å². The number of hydrogen-bond donors (Lipinski definition) is 2. The third kappa shape index (κ3) is 4.27. The number of nitrogens with one attached hydrogen (secondary N) is 1. The highest BCUT2D eigenvalue weighted by Crippen LogP contribution is 2.16. The van der Waals surface area contributed by atoms with Crippen LogP contribution >= 0.6 is 0 Å². The molecule has 0 fully saturated rings. The number of rotatable bonds is 6. The average Bonchev–Trinajstić information content (AvgIpc) is 2.71. The summed E-state index contributed by atoms with van der Waals surface area (Å²) in [5.41, 5.74) is 6.64. The van der Waals surface area contributed by atoms with Crippen molar-refractivity contribution in [2.45, 2.75) is 26.8 Å². The van der Waals surface area contributed by atoms with Gasteiger partial charge < -0.3 is 15.6 Å². The van der Waals surface area contributed by atoms with Crippen LogP contribution in [0.15, 0.2) is 12.3 Å². The predicted molar refractivity (Wildman–Crippen MR) is 75.9 cm³/mol. The summed E-state index contributed by atoms with van der Waals surface area (Å²) in [6.07, 6.45) is 1.70. The van der Waals surface area contributed by atoms with Gasteiger partial charge in [0.25, 0.3) is 5.91 Å². The maximum atomic E-state index is 12.0. The van der Waals surface area contributed by atoms with Crippen molar-refractivity contribution in [2.75, 3.05) is 23.8 Å². The lowest BCUT2D eigenvalue weighted by atomic mass is 10.3. The molecule has 1 rings (SSSR count). The van der Waals surface area contributed by atoms with Crippen LogP contribution in [0.3, 0.4) is 0 Å². The van der Waals surface area contributed by atoms with Crippen LogP contribution in [-0.4, -0.2) is 36.9 Å². The number of nitrogens with two attached hydrogens (primary N) is 1. The molecule has 0 spiro atoms. The topological polar surface area (TPSA) is 94.2 Å². The van der Waals surface area contributed by atoms with Crippen LogP contribution in [0.25, 0.3) is 0 Å². The number of carbonyl (C=O) groups is 1. The number of sulfone groups is 1. The first kappa shape index (κ1) is 15.6. The number of amides is 1. The molecule has 0 saturated heterocycles. The minimum absolute atomic E-state index is 0.0485. The zero-order chi connectivity index (χ0) is 14.6. The molecule has 1 aromatic heterocycles. The molecule has 0 saturated carbocycles. The van der Waals surface area contributed by atoms with E-state index in [1.807, 2.05) is 13.8 Å². The summed E-state index contributed by atoms with van der Waals surface area (Å²) < 4.78 is 24.4. The van der Waals surface area contributed by atoms with Crippen molar-refractivity contribution >= 4 is 21.4 Å². The molecule has 19 heavy (non-hydrogen) atoms. The fraction of sp³-hybridized carbons (Fsp3) is 0.583. The molecule has 0 radical (unpaired) electrons. The third-order valence-corrected chi connectivity index (χ3v) is 4.50. The van der Waals surface area contributed by atoms with E-state index >= 15 is 0 Å². The number of nitrogens with zero attached hydrogens (tertiary/aromatic N) is 1. The first-order valence-electron chi connectivity index (χ1n) is 6.22. The van der Waals surface area contributed by atoms with Crippen LogP contribution in [0.5, 0.6) is 0 Å². The van der Waals surface area contributed by atoms with Gasteiger partial charge in [-0.25, -0.2) is 8.42 Å². The fourth-order valence-corrected chi connectivity index (χ4v) is 2.37. The number of hydrogen-bond acceptors (Lipinski definition) is 4. The molecular formula is C12H21N3O3S. The summed E-state index contributed by atoms with van der Waals surface area (Å²) in [6.45, 7) is 5.58. The Balaban J connectivity index is 2.69. The average molecular weight is 287 g/mol. The van der Waals surface area contributed by atoms with Crippen LogP contribution in [0, 0.1) is 0 Å². The molecule has 0 aliphatic heterocycles. The summed E-state index contributed by atoms with van der Waals surface area (Å²) in [7, 11) is -3.06. The van der Waals surface area contributed by atoms with Gasteiger partial charge in [0.2, 0.25) is 0 Å². The summed E-state index contributed by atoms with van der Waals surface area (Å²) in [6, 6.07) is 1.70. The SMILES string of the molecule is CCS(=O)(=O)CCNC(=O)c1cc(N)cn1C(C)C. The standard InChI is InChI=1S/C12H21N3O3S/c1-4-19(17,18)6-5-14-12(16)11-7-10(13)8-15(11)9(2)3/h7-9H,4-6,13H2,1-3H3,(H,14,16). The molecule has 0 aromatic carbocycles. The van der Waals surface area contributed by atoms with Crippen molar-refractivity contribution in [3.8, 4) is 0 Å². The molecule has 108 valence electrons. The summed E-state index contributed by atoms with van der Waals surface area (Å²) in [4.78, 5) is 12.0. The molecule has 6 nitrogen and oxygen atoms in total. The Labute approximate surface area is 113 Å². The molecule has 0 bridgehead atoms. The Bertz CT molecular complexity index is 547. The molecule has 0 unspecified atom stereocenters. The van der Waals surface area contributed by atoms with Gasteiger partial charge in [-0.2, -0.15) is 0 Å². The second kappa shape index (κ2) is 6.10. The molecule has 7 heteroatoms. The van der Waals surface area contributed by atoms with Crippen molar-refractivity contribution in [3.63, 3.8) is 0 Å². The zero-order valence-corrected chi connectivity index (χ0v) is 12.3. The predicted octanol–water partition coefficient (Wildman–Crippen LogP) is 0.816. The number of nitrogen functional groups attached to an aromatic ring is 1. The first-order valence-corrected chi connectivity index (χ1v) is 8.05. The lowest BCUT2D eigenvalue weighted by Crippen LogP contribution is -2.31. The van der Waals surface area contributed by atoms with Gasteiger partial charge in [-0.1, -0.05) is 6.92 Å². The molecule has 0 aliphatic carbocycles. The van der Waals surface area contributed by atoms with Crippen LogP contribution in [0.2, 0.25) is 0 Å². The van der Waals surface area contributed by atoms with Gasteiger partial charge in [-0.15, -0.1) is 0 Å². The van der Waals surface area contributed by atoms with Gasteiger partial charge in [0.15, 0.2) is 9.84 Å². The van der Waals surface area contributed by atoms with Crippen LogP contribution in [-0.2, 0) is 9.84 Å². The molecule has 3 N–H and O–H groups in total. The van der Waals surface area contributed by atoms with E-state index in [-0.39, 0.29) is 30.0 Å². The van der Waals surface area contributed by atoms with Gasteiger partial charge >= 0.3 is 0 Å². The quantitative estimate of drug-likeness (QED) is 0.809. The van der Waals surface area contributed by atoms with Crippen LogP contribution in [0.4, 0.5) is 5.69 Å². The molecule has 1 amide bonds. The lowest BCUT2D eigenvalue weighted by Gasteiger charge is -2.12. The van der Waals surface area contributed by atoms with Crippen molar-refractivity contribution in [1.29, 1.82) is 0 Å². The monoisotopic (exact) mass is 287 g/mol. The van der Waals surface area contributed by atoms with E-state index in [0.717, 1.165) is 0 Å². The summed E-state index contributed by atoms with van der Waals surface area (Å²) in [5.74, 6) is -0.276. The summed E-state index contributed by atoms with van der Waals surface area (Å²) >= 11 is 0. The number of aromatic nitrogens is 1. The number of anilines is 1. The highest BCUT2D eigenvalue weighted by Gasteiger charge is 2.15. The van der Waals surface area contributed by atoms with Crippen molar-refractivity contribution in [2.24, 2.45) is 0 Å². The number of carbonyl (C=O) groups excluding carboxylic acids is 1. The minimum Gasteiger partial charge on any atom is -0.397 e. The molecule has 0 atom stereocenters. The van der Waals surface area contributed by atoms with Crippen LogP contribution < -0.4 is 11.1 Å². The zero-order valence-electron chi connectivity index (χ0n) is 11.5. The van der Waals surface area contributed by atoms with E-state index in [0.29, 0.717) is 11.4 Å². The molecule has 1 heterocycles. The van der Waals surface area contributed by atoms with E-state index in [1.54, 1.807) is 23.8 Å². The highest BCUT2D eigenvalue weighted by molar-refractivity contribution is 7.91. The Hall–Kier alpha value is -1.50. The normalized spacial score (nSPS) is 11.8. The van der Waals surface area contributed by atoms with Crippen LogP contribution in [0.1, 0.15) is 37.3 Å². The Kier molecular flexibility index (Phi) is 4.99. The Morgan fingerprint density at radius 1 is 1.47 bits per heavy atom. The Morgan fingerprint density at radius 2 is 2.11 bits per heavy atom. The fourth-order valence-electron chi connectivity index (χ4n) is 1.66. The molecule has 0 aliphatic rings. The maximum absolute atomic E-state index is 12.0. The van der Waals surface area contributed by atoms with E-state index < -0.39 is 9.84 Å². The van der Waals surface area contributed by atoms with Gasteiger partial charge in [0.05, 0.1) is 11.4 Å². The minimum atomic E-state index is -3.06. The molecule has 1 aromatic rings. The highest BCUT2D eigenvalue weighted by atomic mass is 32.2. The van der Waals surface area contributed by atoms with Gasteiger partial charge in [0, 0.05) is 24.5 Å². The second-order valence-electron chi connectivity index (χ2n) is 4.65. The third-order valence-electron chi connectivity index (χ3n) is 2.80. The smallest absolute Gasteiger partial charge is 0.268 e. The maximum Gasteiger partial charge on any atom is 0.268 e. The van der Waals surface area contributed by atoms with E-state index in [1.165, 1.54) is 0 Å². The lowest BCUT2D eigenvalue weighted by molar-refractivity contribution is 0.0945. The summed E-state index contributed by atoms with van der Waals surface area (Å²) in [5, 5.41) is 2.60. The first-order chi connectivity index (χ1) is 8.76. The van der Waals surface area contributed by atoms with Gasteiger partial charge in [-0.3, -0.25) is 4.79 Å².